The molecule has 0 fully saturated rings. The molecular formula is C37H42N2O6. The van der Waals surface area contributed by atoms with Crippen LogP contribution in [0.1, 0.15) is 45.5 Å². The van der Waals surface area contributed by atoms with Crippen LogP contribution in [0.15, 0.2) is 66.7 Å². The summed E-state index contributed by atoms with van der Waals surface area (Å²) in [4.78, 5) is 2.37. The van der Waals surface area contributed by atoms with Crippen LogP contribution in [0.3, 0.4) is 0 Å². The number of nitrogens with zero attached hydrogens (tertiary/aromatic N) is 1. The second-order valence-electron chi connectivity index (χ2n) is 11.8. The van der Waals surface area contributed by atoms with Gasteiger partial charge in [-0.05, 0) is 121 Å². The summed E-state index contributed by atoms with van der Waals surface area (Å²) in [5, 5.41) is 14.3. The number of ether oxygens (including phenoxy) is 5. The lowest BCUT2D eigenvalue weighted by Crippen LogP contribution is -2.33. The van der Waals surface area contributed by atoms with Crippen LogP contribution in [0.2, 0.25) is 0 Å². The number of fused-ring (bicyclic) bond motifs is 2. The van der Waals surface area contributed by atoms with E-state index in [0.717, 1.165) is 67.3 Å². The van der Waals surface area contributed by atoms with Crippen LogP contribution in [0.4, 0.5) is 0 Å². The van der Waals surface area contributed by atoms with Gasteiger partial charge in [-0.15, -0.1) is 0 Å². The van der Waals surface area contributed by atoms with E-state index in [0.29, 0.717) is 11.5 Å². The summed E-state index contributed by atoms with van der Waals surface area (Å²) < 4.78 is 28.5. The number of nitrogens with one attached hydrogen (secondary N) is 1. The first-order valence-electron chi connectivity index (χ1n) is 15.4. The first-order chi connectivity index (χ1) is 21.9. The molecule has 6 rings (SSSR count). The first-order valence-corrected chi connectivity index (χ1v) is 15.4. The maximum atomic E-state index is 10.7. The highest BCUT2D eigenvalue weighted by atomic mass is 16.5. The van der Waals surface area contributed by atoms with Gasteiger partial charge < -0.3 is 34.1 Å². The van der Waals surface area contributed by atoms with Gasteiger partial charge in [-0.3, -0.25) is 4.90 Å². The Labute approximate surface area is 265 Å². The summed E-state index contributed by atoms with van der Waals surface area (Å²) in [6, 6.07) is 22.4. The van der Waals surface area contributed by atoms with Crippen molar-refractivity contribution in [2.45, 2.75) is 37.8 Å². The van der Waals surface area contributed by atoms with Crippen LogP contribution >= 0.6 is 0 Å². The van der Waals surface area contributed by atoms with E-state index in [-0.39, 0.29) is 17.8 Å². The number of hydrogen-bond acceptors (Lipinski definition) is 8. The fraction of sp³-hybridized carbons (Fsp3) is 0.351. The number of phenols is 1. The van der Waals surface area contributed by atoms with Crippen LogP contribution in [0.5, 0.6) is 40.2 Å². The molecule has 0 saturated carbocycles. The zero-order valence-corrected chi connectivity index (χ0v) is 26.7. The topological polar surface area (TPSA) is 81.7 Å². The van der Waals surface area contributed by atoms with Gasteiger partial charge >= 0.3 is 0 Å². The Morgan fingerprint density at radius 1 is 0.689 bits per heavy atom. The highest BCUT2D eigenvalue weighted by molar-refractivity contribution is 5.52. The van der Waals surface area contributed by atoms with Crippen molar-refractivity contribution in [2.24, 2.45) is 0 Å². The maximum Gasteiger partial charge on any atom is 0.169 e. The largest absolute Gasteiger partial charge is 0.504 e. The highest BCUT2D eigenvalue weighted by Gasteiger charge is 2.28. The number of rotatable bonds is 10. The van der Waals surface area contributed by atoms with Gasteiger partial charge in [0.25, 0.3) is 0 Å². The van der Waals surface area contributed by atoms with Gasteiger partial charge in [-0.2, -0.15) is 0 Å². The van der Waals surface area contributed by atoms with E-state index in [2.05, 4.69) is 53.7 Å². The number of likely N-dealkylation sites (N-methyl/N-ethyl adjacent to an activating group) is 1. The van der Waals surface area contributed by atoms with Gasteiger partial charge in [-0.1, -0.05) is 18.2 Å². The molecule has 2 aliphatic rings. The predicted octanol–water partition coefficient (Wildman–Crippen LogP) is 6.42. The Balaban J connectivity index is 1.17. The number of hydrogen-bond donors (Lipinski definition) is 2. The van der Waals surface area contributed by atoms with Gasteiger partial charge in [0.2, 0.25) is 0 Å². The SMILES string of the molecule is COc1cc2c(cc1OC)[C@H](Cc1ccc(Oc3cc(C[C@@H]4c5cc(OC)c(OC)cc5CCN4C)ccc3O)cc1)NCC2. The zero-order chi connectivity index (χ0) is 31.5. The minimum Gasteiger partial charge on any atom is -0.504 e. The third-order valence-electron chi connectivity index (χ3n) is 9.12. The first kappa shape index (κ1) is 30.6. The van der Waals surface area contributed by atoms with E-state index in [1.165, 1.54) is 27.8 Å². The van der Waals surface area contributed by atoms with E-state index in [1.54, 1.807) is 34.5 Å². The van der Waals surface area contributed by atoms with Gasteiger partial charge in [0, 0.05) is 18.6 Å². The standard InChI is InChI=1S/C37H42N2O6/c1-39-15-13-26-20-35(42-3)37(44-5)22-29(26)31(39)17-24-8-11-32(40)33(18-24)45-27-9-6-23(7-10-27)16-30-28-21-36(43-4)34(41-2)19-25(28)12-14-38-30/h6-11,18-22,30-31,38,40H,12-17H2,1-5H3/t30-,31+/m0/s1. The fourth-order valence-electron chi connectivity index (χ4n) is 6.62. The summed E-state index contributed by atoms with van der Waals surface area (Å²) in [5.74, 6) is 4.22. The molecule has 0 saturated heterocycles. The summed E-state index contributed by atoms with van der Waals surface area (Å²) in [7, 11) is 8.84. The number of benzene rings is 4. The highest BCUT2D eigenvalue weighted by Crippen LogP contribution is 2.41. The lowest BCUT2D eigenvalue weighted by atomic mass is 9.88. The molecule has 2 aliphatic heterocycles. The number of methoxy groups -OCH3 is 4. The molecule has 0 spiro atoms. The molecule has 0 aliphatic carbocycles. The van der Waals surface area contributed by atoms with Gasteiger partial charge in [0.05, 0.1) is 28.4 Å². The van der Waals surface area contributed by atoms with Crippen molar-refractivity contribution < 1.29 is 28.8 Å². The molecule has 4 aromatic rings. The molecule has 2 atom stereocenters. The van der Waals surface area contributed by atoms with Crippen molar-refractivity contribution in [3.05, 3.63) is 100 Å². The van der Waals surface area contributed by atoms with E-state index >= 15 is 0 Å². The van der Waals surface area contributed by atoms with Gasteiger partial charge in [-0.25, -0.2) is 0 Å². The number of aromatic hydroxyl groups is 1. The average Bonchev–Trinajstić information content (AvgIpc) is 3.07. The smallest absolute Gasteiger partial charge is 0.169 e. The Bertz CT molecular complexity index is 1650. The maximum absolute atomic E-state index is 10.7. The summed E-state index contributed by atoms with van der Waals surface area (Å²) in [6.07, 6.45) is 3.50. The number of phenolic OH excluding ortho intramolecular Hbond substituents is 1. The molecule has 4 aromatic carbocycles. The van der Waals surface area contributed by atoms with Crippen LogP contribution < -0.4 is 29.0 Å². The minimum atomic E-state index is 0.110. The summed E-state index contributed by atoms with van der Waals surface area (Å²) in [6.45, 7) is 1.86. The quantitative estimate of drug-likeness (QED) is 0.213. The molecule has 0 radical (unpaired) electrons. The van der Waals surface area contributed by atoms with Crippen LogP contribution in [0.25, 0.3) is 0 Å². The normalized spacial score (nSPS) is 17.6. The Kier molecular flexibility index (Phi) is 9.05. The lowest BCUT2D eigenvalue weighted by molar-refractivity contribution is 0.228. The van der Waals surface area contributed by atoms with Crippen molar-refractivity contribution in [3.8, 4) is 40.2 Å². The van der Waals surface area contributed by atoms with Crippen molar-refractivity contribution in [2.75, 3.05) is 48.6 Å². The Morgan fingerprint density at radius 2 is 1.29 bits per heavy atom. The lowest BCUT2D eigenvalue weighted by Gasteiger charge is -2.35. The zero-order valence-electron chi connectivity index (χ0n) is 26.7. The molecule has 236 valence electrons. The van der Waals surface area contributed by atoms with Crippen molar-refractivity contribution >= 4 is 0 Å². The molecule has 0 amide bonds. The minimum absolute atomic E-state index is 0.110. The van der Waals surface area contributed by atoms with E-state index < -0.39 is 0 Å². The average molecular weight is 611 g/mol. The van der Waals surface area contributed by atoms with Crippen molar-refractivity contribution in [1.29, 1.82) is 0 Å². The van der Waals surface area contributed by atoms with Gasteiger partial charge in [0.1, 0.15) is 5.75 Å². The van der Waals surface area contributed by atoms with Crippen molar-refractivity contribution in [3.63, 3.8) is 0 Å². The molecule has 2 heterocycles. The third kappa shape index (κ3) is 6.39. The summed E-state index contributed by atoms with van der Waals surface area (Å²) in [5.41, 5.74) is 7.30. The molecule has 0 bridgehead atoms. The fourth-order valence-corrected chi connectivity index (χ4v) is 6.62. The second-order valence-corrected chi connectivity index (χ2v) is 11.8. The predicted molar refractivity (Wildman–Crippen MR) is 175 cm³/mol. The van der Waals surface area contributed by atoms with E-state index in [9.17, 15) is 5.11 Å². The van der Waals surface area contributed by atoms with E-state index in [1.807, 2.05) is 24.3 Å². The molecule has 45 heavy (non-hydrogen) atoms. The van der Waals surface area contributed by atoms with Crippen molar-refractivity contribution in [1.82, 2.24) is 10.2 Å². The van der Waals surface area contributed by atoms with Crippen LogP contribution in [-0.4, -0.2) is 58.6 Å². The van der Waals surface area contributed by atoms with Gasteiger partial charge in [0.15, 0.2) is 34.5 Å². The second kappa shape index (κ2) is 13.3. The molecule has 0 unspecified atom stereocenters. The van der Waals surface area contributed by atoms with E-state index in [4.69, 9.17) is 23.7 Å². The Hall–Kier alpha value is -4.40. The Morgan fingerprint density at radius 3 is 1.96 bits per heavy atom. The van der Waals surface area contributed by atoms with Crippen LogP contribution in [-0.2, 0) is 25.7 Å². The summed E-state index contributed by atoms with van der Waals surface area (Å²) >= 11 is 0. The molecule has 8 heteroatoms. The third-order valence-corrected chi connectivity index (χ3v) is 9.12. The molecule has 2 N–H and O–H groups in total. The molecule has 8 nitrogen and oxygen atoms in total. The van der Waals surface area contributed by atoms with Crippen LogP contribution in [0, 0.1) is 0 Å². The molecule has 0 aromatic heterocycles. The monoisotopic (exact) mass is 610 g/mol. The molecular weight excluding hydrogens is 568 g/mol.